The highest BCUT2D eigenvalue weighted by Crippen LogP contribution is 2.18. The topological polar surface area (TPSA) is 87.2 Å². The average Bonchev–Trinajstić information content (AvgIpc) is 3.15. The summed E-state index contributed by atoms with van der Waals surface area (Å²) >= 11 is 1.88. The molecule has 0 saturated carbocycles. The number of H-pyrrole nitrogens is 1. The molecule has 0 aliphatic heterocycles. The molecule has 0 amide bonds. The first-order valence-electron chi connectivity index (χ1n) is 8.83. The standard InChI is InChI=1S/C18H28N6OS/c1-4-19-18(20-11-5-6-12-26-3)21-13-16-22-17(24-23-16)14-7-9-15(25-2)10-8-14/h7-10H,4-6,11-13H2,1-3H3,(H2,19,20,21)(H,22,23,24). The zero-order chi connectivity index (χ0) is 18.6. The van der Waals surface area contributed by atoms with Crippen molar-refractivity contribution in [2.45, 2.75) is 26.3 Å². The molecule has 0 aliphatic carbocycles. The summed E-state index contributed by atoms with van der Waals surface area (Å²) in [5.41, 5.74) is 0.941. The maximum Gasteiger partial charge on any atom is 0.191 e. The normalized spacial score (nSPS) is 11.4. The van der Waals surface area contributed by atoms with E-state index >= 15 is 0 Å². The predicted molar refractivity (Wildman–Crippen MR) is 109 cm³/mol. The third kappa shape index (κ3) is 6.59. The van der Waals surface area contributed by atoms with Crippen LogP contribution in [-0.4, -0.2) is 53.3 Å². The van der Waals surface area contributed by atoms with Gasteiger partial charge >= 0.3 is 0 Å². The molecule has 1 aromatic heterocycles. The molecule has 142 valence electrons. The number of thioether (sulfide) groups is 1. The van der Waals surface area contributed by atoms with E-state index in [2.05, 4.69) is 44.0 Å². The molecule has 2 rings (SSSR count). The summed E-state index contributed by atoms with van der Waals surface area (Å²) in [4.78, 5) is 9.09. The molecule has 0 saturated heterocycles. The number of nitrogens with one attached hydrogen (secondary N) is 3. The first kappa shape index (κ1) is 20.1. The van der Waals surface area contributed by atoms with Crippen LogP contribution in [0, 0.1) is 0 Å². The van der Waals surface area contributed by atoms with Crippen molar-refractivity contribution in [3.05, 3.63) is 30.1 Å². The van der Waals surface area contributed by atoms with Crippen molar-refractivity contribution in [2.75, 3.05) is 32.2 Å². The minimum absolute atomic E-state index is 0.448. The van der Waals surface area contributed by atoms with E-state index in [4.69, 9.17) is 4.74 Å². The Morgan fingerprint density at radius 2 is 2.04 bits per heavy atom. The van der Waals surface area contributed by atoms with Gasteiger partial charge in [-0.15, -0.1) is 0 Å². The monoisotopic (exact) mass is 376 g/mol. The number of rotatable bonds is 10. The number of aromatic nitrogens is 3. The maximum absolute atomic E-state index is 5.17. The van der Waals surface area contributed by atoms with E-state index in [1.807, 2.05) is 36.0 Å². The fourth-order valence-electron chi connectivity index (χ4n) is 2.31. The first-order chi connectivity index (χ1) is 12.8. The molecule has 26 heavy (non-hydrogen) atoms. The average molecular weight is 377 g/mol. The number of hydrogen-bond donors (Lipinski definition) is 3. The Morgan fingerprint density at radius 3 is 2.73 bits per heavy atom. The molecule has 0 unspecified atom stereocenters. The van der Waals surface area contributed by atoms with Crippen molar-refractivity contribution >= 4 is 17.7 Å². The number of benzene rings is 1. The number of unbranched alkanes of at least 4 members (excludes halogenated alkanes) is 1. The van der Waals surface area contributed by atoms with Gasteiger partial charge in [0.25, 0.3) is 0 Å². The van der Waals surface area contributed by atoms with Gasteiger partial charge in [0.05, 0.1) is 7.11 Å². The Labute approximate surface area is 159 Å². The van der Waals surface area contributed by atoms with Gasteiger partial charge in [0, 0.05) is 18.7 Å². The van der Waals surface area contributed by atoms with Gasteiger partial charge in [-0.2, -0.15) is 16.9 Å². The molecule has 0 fully saturated rings. The molecular formula is C18H28N6OS. The molecule has 3 N–H and O–H groups in total. The Morgan fingerprint density at radius 1 is 1.23 bits per heavy atom. The number of guanidine groups is 1. The van der Waals surface area contributed by atoms with Crippen LogP contribution in [0.2, 0.25) is 0 Å². The zero-order valence-electron chi connectivity index (χ0n) is 15.7. The predicted octanol–water partition coefficient (Wildman–Crippen LogP) is 2.68. The second-order valence-corrected chi connectivity index (χ2v) is 6.64. The van der Waals surface area contributed by atoms with Crippen LogP contribution in [-0.2, 0) is 6.54 Å². The van der Waals surface area contributed by atoms with Crippen molar-refractivity contribution in [1.29, 1.82) is 0 Å². The Hall–Kier alpha value is -2.22. The number of aromatic amines is 1. The van der Waals surface area contributed by atoms with Crippen LogP contribution in [0.25, 0.3) is 11.4 Å². The molecule has 1 heterocycles. The second kappa shape index (κ2) is 11.4. The van der Waals surface area contributed by atoms with Gasteiger partial charge in [0.1, 0.15) is 18.1 Å². The lowest BCUT2D eigenvalue weighted by Gasteiger charge is -2.10. The fraction of sp³-hybridized carbons (Fsp3) is 0.500. The highest BCUT2D eigenvalue weighted by atomic mass is 32.2. The van der Waals surface area contributed by atoms with Crippen LogP contribution in [0.15, 0.2) is 29.3 Å². The van der Waals surface area contributed by atoms with Crippen molar-refractivity contribution < 1.29 is 4.74 Å². The van der Waals surface area contributed by atoms with Crippen LogP contribution in [0.4, 0.5) is 0 Å². The summed E-state index contributed by atoms with van der Waals surface area (Å²) in [7, 11) is 1.65. The van der Waals surface area contributed by atoms with Gasteiger partial charge in [0.15, 0.2) is 11.8 Å². The lowest BCUT2D eigenvalue weighted by Crippen LogP contribution is -2.37. The van der Waals surface area contributed by atoms with Crippen LogP contribution < -0.4 is 15.4 Å². The van der Waals surface area contributed by atoms with Crippen molar-refractivity contribution in [2.24, 2.45) is 4.99 Å². The van der Waals surface area contributed by atoms with Crippen LogP contribution in [0.3, 0.4) is 0 Å². The SMILES string of the molecule is CCNC(=NCc1nc(-c2ccc(OC)cc2)n[nH]1)NCCCCSC. The molecule has 0 atom stereocenters. The van der Waals surface area contributed by atoms with E-state index in [0.29, 0.717) is 12.4 Å². The minimum atomic E-state index is 0.448. The van der Waals surface area contributed by atoms with Crippen LogP contribution in [0.1, 0.15) is 25.6 Å². The van der Waals surface area contributed by atoms with Gasteiger partial charge in [-0.3, -0.25) is 5.10 Å². The lowest BCUT2D eigenvalue weighted by atomic mass is 10.2. The third-order valence-electron chi connectivity index (χ3n) is 3.68. The Bertz CT molecular complexity index is 671. The minimum Gasteiger partial charge on any atom is -0.497 e. The van der Waals surface area contributed by atoms with E-state index in [0.717, 1.165) is 42.6 Å². The van der Waals surface area contributed by atoms with Crippen LogP contribution >= 0.6 is 11.8 Å². The van der Waals surface area contributed by atoms with Gasteiger partial charge in [-0.05, 0) is 56.0 Å². The molecule has 0 aliphatic rings. The third-order valence-corrected chi connectivity index (χ3v) is 4.38. The fourth-order valence-corrected chi connectivity index (χ4v) is 2.80. The van der Waals surface area contributed by atoms with Gasteiger partial charge in [0.2, 0.25) is 0 Å². The summed E-state index contributed by atoms with van der Waals surface area (Å²) in [6.07, 6.45) is 4.48. The summed E-state index contributed by atoms with van der Waals surface area (Å²) in [5, 5.41) is 13.8. The van der Waals surface area contributed by atoms with Gasteiger partial charge in [-0.25, -0.2) is 9.98 Å². The quantitative estimate of drug-likeness (QED) is 0.336. The smallest absolute Gasteiger partial charge is 0.191 e. The van der Waals surface area contributed by atoms with E-state index in [1.54, 1.807) is 7.11 Å². The Balaban J connectivity index is 1.91. The van der Waals surface area contributed by atoms with E-state index in [1.165, 1.54) is 12.2 Å². The highest BCUT2D eigenvalue weighted by Gasteiger charge is 2.06. The number of ether oxygens (including phenoxy) is 1. The molecule has 0 spiro atoms. The van der Waals surface area contributed by atoms with Crippen molar-refractivity contribution in [3.8, 4) is 17.1 Å². The summed E-state index contributed by atoms with van der Waals surface area (Å²) < 4.78 is 5.17. The maximum atomic E-state index is 5.17. The summed E-state index contributed by atoms with van der Waals surface area (Å²) in [6, 6.07) is 7.67. The second-order valence-electron chi connectivity index (χ2n) is 5.66. The van der Waals surface area contributed by atoms with E-state index in [9.17, 15) is 0 Å². The molecule has 2 aromatic rings. The highest BCUT2D eigenvalue weighted by molar-refractivity contribution is 7.98. The number of nitrogens with zero attached hydrogens (tertiary/aromatic N) is 3. The molecular weight excluding hydrogens is 348 g/mol. The van der Waals surface area contributed by atoms with Crippen molar-refractivity contribution in [1.82, 2.24) is 25.8 Å². The van der Waals surface area contributed by atoms with Gasteiger partial charge in [-0.1, -0.05) is 0 Å². The lowest BCUT2D eigenvalue weighted by molar-refractivity contribution is 0.415. The number of aliphatic imine (C=N–C) groups is 1. The molecule has 1 aromatic carbocycles. The van der Waals surface area contributed by atoms with Crippen molar-refractivity contribution in [3.63, 3.8) is 0 Å². The van der Waals surface area contributed by atoms with Crippen LogP contribution in [0.5, 0.6) is 5.75 Å². The first-order valence-corrected chi connectivity index (χ1v) is 10.2. The van der Waals surface area contributed by atoms with E-state index < -0.39 is 0 Å². The largest absolute Gasteiger partial charge is 0.497 e. The molecule has 0 radical (unpaired) electrons. The molecule has 8 heteroatoms. The molecule has 7 nitrogen and oxygen atoms in total. The van der Waals surface area contributed by atoms with Gasteiger partial charge < -0.3 is 15.4 Å². The molecule has 0 bridgehead atoms. The number of hydrogen-bond acceptors (Lipinski definition) is 5. The summed E-state index contributed by atoms with van der Waals surface area (Å²) in [6.45, 7) is 4.24. The zero-order valence-corrected chi connectivity index (χ0v) is 16.5. The summed E-state index contributed by atoms with van der Waals surface area (Å²) in [5.74, 6) is 4.21. The number of methoxy groups -OCH3 is 1. The van der Waals surface area contributed by atoms with E-state index in [-0.39, 0.29) is 0 Å². The Kier molecular flexibility index (Phi) is 8.82.